The Morgan fingerprint density at radius 1 is 1.24 bits per heavy atom. The second-order valence-electron chi connectivity index (χ2n) is 7.75. The third-order valence-corrected chi connectivity index (χ3v) is 5.77. The Hall–Kier alpha value is -2.08. The first-order valence-electron chi connectivity index (χ1n) is 9.05. The van der Waals surface area contributed by atoms with Crippen molar-refractivity contribution in [1.82, 2.24) is 24.8 Å². The number of rotatable bonds is 4. The van der Waals surface area contributed by atoms with Gasteiger partial charge in [0.1, 0.15) is 18.0 Å². The summed E-state index contributed by atoms with van der Waals surface area (Å²) in [6.45, 7) is 7.27. The van der Waals surface area contributed by atoms with Crippen molar-refractivity contribution in [3.8, 4) is 0 Å². The first-order chi connectivity index (χ1) is 12.0. The molecule has 25 heavy (non-hydrogen) atoms. The lowest BCUT2D eigenvalue weighted by Gasteiger charge is -2.49. The van der Waals surface area contributed by atoms with Crippen LogP contribution < -0.4 is 4.90 Å². The second kappa shape index (κ2) is 6.33. The van der Waals surface area contributed by atoms with Crippen LogP contribution in [0.4, 0.5) is 5.82 Å². The minimum Gasteiger partial charge on any atom is -0.357 e. The maximum atomic E-state index is 4.54. The van der Waals surface area contributed by atoms with Crippen LogP contribution in [-0.2, 0) is 6.54 Å². The fourth-order valence-corrected chi connectivity index (χ4v) is 4.35. The van der Waals surface area contributed by atoms with Crippen LogP contribution in [0.3, 0.4) is 0 Å². The van der Waals surface area contributed by atoms with E-state index in [2.05, 4.69) is 42.8 Å². The highest BCUT2D eigenvalue weighted by molar-refractivity contribution is 5.40. The second-order valence-corrected chi connectivity index (χ2v) is 7.75. The van der Waals surface area contributed by atoms with Crippen molar-refractivity contribution >= 4 is 5.82 Å². The van der Waals surface area contributed by atoms with Gasteiger partial charge in [0.15, 0.2) is 0 Å². The Morgan fingerprint density at radius 2 is 2.08 bits per heavy atom. The summed E-state index contributed by atoms with van der Waals surface area (Å²) >= 11 is 0. The van der Waals surface area contributed by atoms with E-state index in [1.54, 1.807) is 6.33 Å². The highest BCUT2D eigenvalue weighted by Crippen LogP contribution is 2.50. The van der Waals surface area contributed by atoms with Gasteiger partial charge in [-0.05, 0) is 51.1 Å². The molecule has 3 heterocycles. The molecule has 0 amide bonds. The van der Waals surface area contributed by atoms with Crippen molar-refractivity contribution < 1.29 is 0 Å². The topological polar surface area (TPSA) is 58.0 Å². The van der Waals surface area contributed by atoms with Crippen LogP contribution in [0.25, 0.3) is 0 Å². The van der Waals surface area contributed by atoms with Crippen molar-refractivity contribution in [3.63, 3.8) is 0 Å². The van der Waals surface area contributed by atoms with E-state index in [0.29, 0.717) is 11.5 Å². The lowest BCUT2D eigenvalue weighted by molar-refractivity contribution is 0.106. The van der Waals surface area contributed by atoms with E-state index in [0.717, 1.165) is 29.6 Å². The summed E-state index contributed by atoms with van der Waals surface area (Å²) < 4.78 is 0. The molecule has 0 radical (unpaired) electrons. The summed E-state index contributed by atoms with van der Waals surface area (Å²) in [5, 5.41) is 0. The van der Waals surface area contributed by atoms with Crippen molar-refractivity contribution in [1.29, 1.82) is 0 Å². The number of anilines is 1. The molecule has 1 saturated carbocycles. The van der Waals surface area contributed by atoms with E-state index >= 15 is 0 Å². The number of hydrogen-bond donors (Lipinski definition) is 0. The molecule has 0 N–H and O–H groups in total. The van der Waals surface area contributed by atoms with Crippen LogP contribution >= 0.6 is 0 Å². The van der Waals surface area contributed by atoms with Crippen molar-refractivity contribution in [2.45, 2.75) is 45.7 Å². The first kappa shape index (κ1) is 16.4. The Balaban J connectivity index is 1.34. The van der Waals surface area contributed by atoms with Crippen LogP contribution in [0.2, 0.25) is 0 Å². The van der Waals surface area contributed by atoms with Gasteiger partial charge in [0.2, 0.25) is 0 Å². The molecule has 0 aromatic carbocycles. The van der Waals surface area contributed by atoms with Gasteiger partial charge in [0, 0.05) is 44.1 Å². The monoisotopic (exact) mass is 338 g/mol. The van der Waals surface area contributed by atoms with Gasteiger partial charge in [-0.25, -0.2) is 19.9 Å². The Morgan fingerprint density at radius 3 is 2.84 bits per heavy atom. The van der Waals surface area contributed by atoms with Gasteiger partial charge in [-0.1, -0.05) is 0 Å². The molecular formula is C19H26N6. The molecule has 0 unspecified atom stereocenters. The minimum absolute atomic E-state index is 0.489. The minimum atomic E-state index is 0.489. The molecular weight excluding hydrogens is 312 g/mol. The lowest BCUT2D eigenvalue weighted by Crippen LogP contribution is -2.51. The fraction of sp³-hybridized carbons (Fsp3) is 0.579. The van der Waals surface area contributed by atoms with Gasteiger partial charge in [0.05, 0.1) is 5.69 Å². The largest absolute Gasteiger partial charge is 0.357 e. The maximum Gasteiger partial charge on any atom is 0.132 e. The average molecular weight is 338 g/mol. The quantitative estimate of drug-likeness (QED) is 0.853. The molecule has 1 aliphatic carbocycles. The summed E-state index contributed by atoms with van der Waals surface area (Å²) in [6.07, 6.45) is 7.33. The number of hydrogen-bond acceptors (Lipinski definition) is 6. The molecule has 2 aliphatic rings. The summed E-state index contributed by atoms with van der Waals surface area (Å²) in [4.78, 5) is 22.2. The van der Waals surface area contributed by atoms with Crippen LogP contribution in [0.5, 0.6) is 0 Å². The maximum absolute atomic E-state index is 4.54. The predicted octanol–water partition coefficient (Wildman–Crippen LogP) is 2.37. The van der Waals surface area contributed by atoms with E-state index in [-0.39, 0.29) is 0 Å². The van der Waals surface area contributed by atoms with Crippen molar-refractivity contribution in [2.75, 3.05) is 25.0 Å². The predicted molar refractivity (Wildman–Crippen MR) is 97.3 cm³/mol. The Kier molecular flexibility index (Phi) is 4.15. The zero-order valence-electron chi connectivity index (χ0n) is 15.3. The molecule has 0 bridgehead atoms. The molecule has 1 saturated heterocycles. The SMILES string of the molecule is Cc1cc(N(C)C2CC3(CCN(Cc4ccnc(C)n4)C3)C2)ncn1. The molecule has 2 aromatic rings. The Bertz CT molecular complexity index is 755. The fourth-order valence-electron chi connectivity index (χ4n) is 4.35. The van der Waals surface area contributed by atoms with Crippen molar-refractivity contribution in [2.24, 2.45) is 5.41 Å². The molecule has 1 aliphatic heterocycles. The van der Waals surface area contributed by atoms with Gasteiger partial charge < -0.3 is 4.90 Å². The number of aromatic nitrogens is 4. The number of nitrogens with zero attached hydrogens (tertiary/aromatic N) is 6. The van der Waals surface area contributed by atoms with Gasteiger partial charge in [-0.2, -0.15) is 0 Å². The molecule has 6 nitrogen and oxygen atoms in total. The molecule has 132 valence electrons. The third kappa shape index (κ3) is 3.35. The third-order valence-electron chi connectivity index (χ3n) is 5.77. The van der Waals surface area contributed by atoms with Crippen molar-refractivity contribution in [3.05, 3.63) is 41.9 Å². The van der Waals surface area contributed by atoms with Gasteiger partial charge >= 0.3 is 0 Å². The van der Waals surface area contributed by atoms with Gasteiger partial charge in [-0.3, -0.25) is 4.90 Å². The van der Waals surface area contributed by atoms with E-state index in [1.165, 1.54) is 32.4 Å². The normalized spacial score (nSPS) is 26.0. The lowest BCUT2D eigenvalue weighted by atomic mass is 9.64. The Labute approximate surface area is 149 Å². The smallest absolute Gasteiger partial charge is 0.132 e. The highest BCUT2D eigenvalue weighted by atomic mass is 15.2. The van der Waals surface area contributed by atoms with Gasteiger partial charge in [-0.15, -0.1) is 0 Å². The molecule has 1 spiro atoms. The molecule has 2 fully saturated rings. The highest BCUT2D eigenvalue weighted by Gasteiger charge is 2.49. The van der Waals surface area contributed by atoms with Crippen LogP contribution in [0.15, 0.2) is 24.7 Å². The molecule has 4 rings (SSSR count). The first-order valence-corrected chi connectivity index (χ1v) is 9.05. The summed E-state index contributed by atoms with van der Waals surface area (Å²) in [5.41, 5.74) is 2.65. The molecule has 2 aromatic heterocycles. The van der Waals surface area contributed by atoms with E-state index in [4.69, 9.17) is 0 Å². The molecule has 0 atom stereocenters. The number of aryl methyl sites for hydroxylation is 2. The molecule has 6 heteroatoms. The number of likely N-dealkylation sites (tertiary alicyclic amines) is 1. The summed E-state index contributed by atoms with van der Waals surface area (Å²) in [5.74, 6) is 1.90. The van der Waals surface area contributed by atoms with E-state index in [9.17, 15) is 0 Å². The average Bonchev–Trinajstić information content (AvgIpc) is 2.97. The zero-order chi connectivity index (χ0) is 17.4. The van der Waals surface area contributed by atoms with E-state index in [1.807, 2.05) is 26.1 Å². The summed E-state index contributed by atoms with van der Waals surface area (Å²) in [6, 6.07) is 4.70. The van der Waals surface area contributed by atoms with Crippen LogP contribution in [-0.4, -0.2) is 51.0 Å². The van der Waals surface area contributed by atoms with E-state index < -0.39 is 0 Å². The standard InChI is InChI=1S/C19H26N6/c1-14-8-18(22-13-21-14)24(3)17-9-19(10-17)5-7-25(12-19)11-16-4-6-20-15(2)23-16/h4,6,8,13,17H,5,7,9-12H2,1-3H3. The van der Waals surface area contributed by atoms with Crippen LogP contribution in [0.1, 0.15) is 36.5 Å². The van der Waals surface area contributed by atoms with Gasteiger partial charge in [0.25, 0.3) is 0 Å². The summed E-state index contributed by atoms with van der Waals surface area (Å²) in [7, 11) is 2.16. The zero-order valence-corrected chi connectivity index (χ0v) is 15.3. The van der Waals surface area contributed by atoms with Crippen LogP contribution in [0, 0.1) is 19.3 Å².